The van der Waals surface area contributed by atoms with Gasteiger partial charge in [-0.3, -0.25) is 0 Å². The third kappa shape index (κ3) is 3.96. The van der Waals surface area contributed by atoms with Gasteiger partial charge in [0.25, 0.3) is 0 Å². The topological polar surface area (TPSA) is 0 Å². The molecule has 0 aliphatic heterocycles. The Balaban J connectivity index is 4.74. The minimum Gasteiger partial charge on any atom is -0.0713 e. The van der Waals surface area contributed by atoms with Crippen molar-refractivity contribution in [2.45, 2.75) is 97.6 Å². The predicted octanol–water partition coefficient (Wildman–Crippen LogP) is 6.50. The van der Waals surface area contributed by atoms with Crippen molar-refractivity contribution in [3.05, 3.63) is 0 Å². The SMILES string of the molecule is CCCCCC[Si](C)(C)[Si](C)(C)C(C)(C)C(C)C. The van der Waals surface area contributed by atoms with E-state index in [1.54, 1.807) is 6.04 Å². The van der Waals surface area contributed by atoms with Crippen molar-refractivity contribution in [3.63, 3.8) is 0 Å². The first-order valence-corrected chi connectivity index (χ1v) is 15.2. The van der Waals surface area contributed by atoms with Crippen molar-refractivity contribution in [3.8, 4) is 0 Å². The lowest BCUT2D eigenvalue weighted by molar-refractivity contribution is 0.463. The second-order valence-corrected chi connectivity index (χ2v) is 24.8. The fourth-order valence-electron chi connectivity index (χ4n) is 2.90. The van der Waals surface area contributed by atoms with E-state index in [1.807, 2.05) is 0 Å². The van der Waals surface area contributed by atoms with Crippen LogP contribution in [0.1, 0.15) is 60.3 Å². The maximum absolute atomic E-state index is 2.68. The Labute approximate surface area is 119 Å². The van der Waals surface area contributed by atoms with Crippen LogP contribution in [0.2, 0.25) is 37.3 Å². The molecular formula is C16H38Si2. The van der Waals surface area contributed by atoms with Gasteiger partial charge in [0.1, 0.15) is 0 Å². The summed E-state index contributed by atoms with van der Waals surface area (Å²) < 4.78 is 0. The minimum absolute atomic E-state index is 0.577. The van der Waals surface area contributed by atoms with E-state index in [0.29, 0.717) is 5.04 Å². The zero-order valence-corrected chi connectivity index (χ0v) is 16.6. The van der Waals surface area contributed by atoms with Crippen LogP contribution in [-0.4, -0.2) is 15.2 Å². The molecule has 0 spiro atoms. The Bertz CT molecular complexity index is 239. The van der Waals surface area contributed by atoms with Crippen LogP contribution in [0.4, 0.5) is 0 Å². The van der Waals surface area contributed by atoms with Gasteiger partial charge in [-0.25, -0.2) is 0 Å². The summed E-state index contributed by atoms with van der Waals surface area (Å²) in [6.45, 7) is 23.0. The van der Waals surface area contributed by atoms with Gasteiger partial charge in [-0.05, 0) is 11.0 Å². The minimum atomic E-state index is -1.14. The smallest absolute Gasteiger partial charge is 0.0471 e. The van der Waals surface area contributed by atoms with Crippen LogP contribution in [0, 0.1) is 5.92 Å². The van der Waals surface area contributed by atoms with E-state index in [-0.39, 0.29) is 0 Å². The average Bonchev–Trinajstić information content (AvgIpc) is 2.23. The number of rotatable bonds is 8. The molecule has 0 nitrogen and oxygen atoms in total. The van der Waals surface area contributed by atoms with Gasteiger partial charge in [-0.1, -0.05) is 92.5 Å². The van der Waals surface area contributed by atoms with Gasteiger partial charge in [-0.2, -0.15) is 0 Å². The van der Waals surface area contributed by atoms with E-state index in [2.05, 4.69) is 60.8 Å². The number of unbranched alkanes of at least 4 members (excludes halogenated alkanes) is 3. The molecule has 0 amide bonds. The summed E-state index contributed by atoms with van der Waals surface area (Å²) >= 11 is 0. The predicted molar refractivity (Wildman–Crippen MR) is 92.8 cm³/mol. The first-order chi connectivity index (χ1) is 8.00. The summed E-state index contributed by atoms with van der Waals surface area (Å²) in [5.74, 6) is 0.821. The first-order valence-electron chi connectivity index (χ1n) is 8.00. The zero-order chi connectivity index (χ0) is 14.6. The van der Waals surface area contributed by atoms with E-state index in [1.165, 1.54) is 25.7 Å². The van der Waals surface area contributed by atoms with Crippen LogP contribution in [0.5, 0.6) is 0 Å². The van der Waals surface area contributed by atoms with E-state index in [9.17, 15) is 0 Å². The quantitative estimate of drug-likeness (QED) is 0.353. The van der Waals surface area contributed by atoms with Crippen molar-refractivity contribution in [2.24, 2.45) is 5.92 Å². The molecule has 0 rings (SSSR count). The maximum atomic E-state index is 2.68. The van der Waals surface area contributed by atoms with Crippen LogP contribution >= 0.6 is 0 Å². The molecule has 0 fully saturated rings. The highest BCUT2D eigenvalue weighted by atomic mass is 29.3. The van der Waals surface area contributed by atoms with Crippen molar-refractivity contribution in [2.75, 3.05) is 0 Å². The standard InChI is InChI=1S/C16H38Si2/c1-10-11-12-13-14-17(6,7)18(8,9)16(4,5)15(2)3/h15H,10-14H2,1-9H3. The molecule has 0 heterocycles. The van der Waals surface area contributed by atoms with Gasteiger partial charge < -0.3 is 0 Å². The fraction of sp³-hybridized carbons (Fsp3) is 1.00. The average molecular weight is 287 g/mol. The lowest BCUT2D eigenvalue weighted by Crippen LogP contribution is -2.62. The van der Waals surface area contributed by atoms with Crippen molar-refractivity contribution in [1.29, 1.82) is 0 Å². The molecule has 0 aliphatic carbocycles. The number of hydrogen-bond acceptors (Lipinski definition) is 0. The molecule has 0 unspecified atom stereocenters. The summed E-state index contributed by atoms with van der Waals surface area (Å²) in [4.78, 5) is 0. The lowest BCUT2D eigenvalue weighted by atomic mass is 9.99. The zero-order valence-electron chi connectivity index (χ0n) is 14.6. The lowest BCUT2D eigenvalue weighted by Gasteiger charge is -2.52. The summed E-state index contributed by atoms with van der Waals surface area (Å²) in [5.41, 5.74) is 0. The van der Waals surface area contributed by atoms with Gasteiger partial charge in [0.2, 0.25) is 0 Å². The molecular weight excluding hydrogens is 248 g/mol. The number of hydrogen-bond donors (Lipinski definition) is 0. The molecule has 0 aromatic carbocycles. The molecule has 0 aromatic heterocycles. The van der Waals surface area contributed by atoms with Gasteiger partial charge in [0.15, 0.2) is 0 Å². The molecule has 0 N–H and O–H groups in total. The Kier molecular flexibility index (Phi) is 6.90. The molecule has 110 valence electrons. The third-order valence-corrected chi connectivity index (χ3v) is 28.0. The Morgan fingerprint density at radius 3 is 1.78 bits per heavy atom. The van der Waals surface area contributed by atoms with E-state index in [0.717, 1.165) is 5.92 Å². The van der Waals surface area contributed by atoms with E-state index in [4.69, 9.17) is 0 Å². The first kappa shape index (κ1) is 18.4. The maximum Gasteiger partial charge on any atom is 0.0471 e. The van der Waals surface area contributed by atoms with Gasteiger partial charge >= 0.3 is 0 Å². The highest BCUT2D eigenvalue weighted by molar-refractivity contribution is 7.41. The second kappa shape index (κ2) is 6.74. The van der Waals surface area contributed by atoms with E-state index < -0.39 is 15.2 Å². The third-order valence-electron chi connectivity index (χ3n) is 6.40. The van der Waals surface area contributed by atoms with Crippen LogP contribution < -0.4 is 0 Å². The van der Waals surface area contributed by atoms with Crippen LogP contribution in [0.15, 0.2) is 0 Å². The molecule has 2 heteroatoms. The monoisotopic (exact) mass is 286 g/mol. The summed E-state index contributed by atoms with van der Waals surface area (Å²) in [6, 6.07) is 1.56. The molecule has 0 aliphatic rings. The van der Waals surface area contributed by atoms with Crippen LogP contribution in [-0.2, 0) is 0 Å². The van der Waals surface area contributed by atoms with Crippen molar-refractivity contribution in [1.82, 2.24) is 0 Å². The highest BCUT2D eigenvalue weighted by Gasteiger charge is 2.51. The molecule has 18 heavy (non-hydrogen) atoms. The highest BCUT2D eigenvalue weighted by Crippen LogP contribution is 2.49. The Morgan fingerprint density at radius 2 is 1.39 bits per heavy atom. The Hall–Kier alpha value is 0.434. The summed E-state index contributed by atoms with van der Waals surface area (Å²) in [6.07, 6.45) is 5.73. The van der Waals surface area contributed by atoms with E-state index >= 15 is 0 Å². The van der Waals surface area contributed by atoms with Crippen LogP contribution in [0.3, 0.4) is 0 Å². The second-order valence-electron chi connectivity index (χ2n) is 8.20. The largest absolute Gasteiger partial charge is 0.0713 e. The van der Waals surface area contributed by atoms with Gasteiger partial charge in [-0.15, -0.1) is 0 Å². The summed E-state index contributed by atoms with van der Waals surface area (Å²) in [7, 11) is -2.18. The normalized spacial score (nSPS) is 14.3. The molecule has 0 aromatic rings. The fourth-order valence-corrected chi connectivity index (χ4v) is 16.4. The van der Waals surface area contributed by atoms with Crippen molar-refractivity contribution < 1.29 is 0 Å². The summed E-state index contributed by atoms with van der Waals surface area (Å²) in [5, 5.41) is 0.577. The van der Waals surface area contributed by atoms with Gasteiger partial charge in [0.05, 0.1) is 0 Å². The molecule has 0 atom stereocenters. The molecule has 0 saturated carbocycles. The van der Waals surface area contributed by atoms with Crippen molar-refractivity contribution >= 4 is 15.2 Å². The molecule has 0 radical (unpaired) electrons. The van der Waals surface area contributed by atoms with Gasteiger partial charge in [0, 0.05) is 15.2 Å². The van der Waals surface area contributed by atoms with Crippen LogP contribution in [0.25, 0.3) is 0 Å². The molecule has 0 bridgehead atoms. The Morgan fingerprint density at radius 1 is 0.889 bits per heavy atom. The molecule has 0 saturated heterocycles.